The van der Waals surface area contributed by atoms with Gasteiger partial charge in [0.05, 0.1) is 25.4 Å². The van der Waals surface area contributed by atoms with Crippen LogP contribution in [0.3, 0.4) is 0 Å². The van der Waals surface area contributed by atoms with Crippen molar-refractivity contribution in [2.75, 3.05) is 39.5 Å². The minimum atomic E-state index is -0.515. The standard InChI is InChI=1S/C29H37NO5/c31-22(19-34-26-9-4-3-8-23(26)21-6-1-2-7-21)18-30-14-12-29(13-15-30)25-10-11-27-28(24(25)20-35-29)33-17-5-16-32-27/h3-4,8-11,21-22,31H,1-2,5-7,12-20H2/t22-/m0/s1. The fourth-order valence-corrected chi connectivity index (χ4v) is 6.39. The number of benzene rings is 2. The maximum Gasteiger partial charge on any atom is 0.167 e. The summed E-state index contributed by atoms with van der Waals surface area (Å²) < 4.78 is 24.5. The second-order valence-electron chi connectivity index (χ2n) is 10.5. The molecule has 1 atom stereocenters. The molecule has 2 fully saturated rings. The van der Waals surface area contributed by atoms with E-state index in [0.717, 1.165) is 55.2 Å². The highest BCUT2D eigenvalue weighted by Gasteiger charge is 2.44. The quantitative estimate of drug-likeness (QED) is 0.644. The predicted molar refractivity (Wildman–Crippen MR) is 133 cm³/mol. The van der Waals surface area contributed by atoms with Gasteiger partial charge in [-0.15, -0.1) is 0 Å². The van der Waals surface area contributed by atoms with Crippen molar-refractivity contribution in [1.82, 2.24) is 4.90 Å². The van der Waals surface area contributed by atoms with Crippen molar-refractivity contribution in [1.29, 1.82) is 0 Å². The van der Waals surface area contributed by atoms with Crippen molar-refractivity contribution in [3.63, 3.8) is 0 Å². The Kier molecular flexibility index (Phi) is 6.61. The largest absolute Gasteiger partial charge is 0.491 e. The first-order chi connectivity index (χ1) is 17.2. The summed E-state index contributed by atoms with van der Waals surface area (Å²) in [5.74, 6) is 3.27. The zero-order chi connectivity index (χ0) is 23.7. The normalized spacial score (nSPS) is 22.7. The van der Waals surface area contributed by atoms with Gasteiger partial charge in [-0.25, -0.2) is 0 Å². The topological polar surface area (TPSA) is 60.4 Å². The van der Waals surface area contributed by atoms with Gasteiger partial charge in [0.1, 0.15) is 18.5 Å². The first kappa shape index (κ1) is 23.1. The number of nitrogens with zero attached hydrogens (tertiary/aromatic N) is 1. The molecule has 1 N–H and O–H groups in total. The Balaban J connectivity index is 1.05. The van der Waals surface area contributed by atoms with E-state index in [1.165, 1.54) is 36.8 Å². The van der Waals surface area contributed by atoms with Gasteiger partial charge < -0.3 is 29.0 Å². The first-order valence-corrected chi connectivity index (χ1v) is 13.4. The van der Waals surface area contributed by atoms with E-state index in [2.05, 4.69) is 29.2 Å². The molecular formula is C29H37NO5. The molecular weight excluding hydrogens is 442 g/mol. The van der Waals surface area contributed by atoms with Crippen LogP contribution in [-0.2, 0) is 16.9 Å². The number of hydrogen-bond donors (Lipinski definition) is 1. The molecule has 0 amide bonds. The average molecular weight is 480 g/mol. The van der Waals surface area contributed by atoms with Crippen molar-refractivity contribution in [2.45, 2.75) is 69.2 Å². The summed E-state index contributed by atoms with van der Waals surface area (Å²) in [5, 5.41) is 10.8. The van der Waals surface area contributed by atoms with Crippen LogP contribution in [-0.4, -0.2) is 55.6 Å². The molecule has 0 aromatic heterocycles. The number of fused-ring (bicyclic) bond motifs is 4. The minimum absolute atomic E-state index is 0.252. The lowest BCUT2D eigenvalue weighted by Gasteiger charge is -2.39. The molecule has 1 aliphatic carbocycles. The average Bonchev–Trinajstić information content (AvgIpc) is 3.47. The van der Waals surface area contributed by atoms with E-state index in [4.69, 9.17) is 18.9 Å². The van der Waals surface area contributed by atoms with E-state index in [-0.39, 0.29) is 5.60 Å². The third-order valence-corrected chi connectivity index (χ3v) is 8.28. The summed E-state index contributed by atoms with van der Waals surface area (Å²) >= 11 is 0. The third kappa shape index (κ3) is 4.64. The maximum absolute atomic E-state index is 10.8. The lowest BCUT2D eigenvalue weighted by atomic mass is 9.83. The van der Waals surface area contributed by atoms with E-state index in [0.29, 0.717) is 38.9 Å². The summed E-state index contributed by atoms with van der Waals surface area (Å²) in [4.78, 5) is 2.34. The van der Waals surface area contributed by atoms with Gasteiger partial charge in [0.15, 0.2) is 11.5 Å². The molecule has 1 saturated heterocycles. The molecule has 6 rings (SSSR count). The molecule has 2 aromatic carbocycles. The van der Waals surface area contributed by atoms with Crippen LogP contribution in [0.5, 0.6) is 17.2 Å². The fraction of sp³-hybridized carbons (Fsp3) is 0.586. The molecule has 0 bridgehead atoms. The number of hydrogen-bond acceptors (Lipinski definition) is 6. The predicted octanol–water partition coefficient (Wildman–Crippen LogP) is 4.77. The summed E-state index contributed by atoms with van der Waals surface area (Å²) in [5.41, 5.74) is 3.47. The van der Waals surface area contributed by atoms with E-state index in [9.17, 15) is 5.11 Å². The molecule has 0 unspecified atom stereocenters. The smallest absolute Gasteiger partial charge is 0.167 e. The molecule has 3 aliphatic heterocycles. The number of aliphatic hydroxyl groups is 1. The SMILES string of the molecule is O[C@H](COc1ccccc1C1CCCC1)CN1CCC2(CC1)OCc1c2ccc2c1OCCCO2. The molecule has 6 nitrogen and oxygen atoms in total. The van der Waals surface area contributed by atoms with Gasteiger partial charge in [-0.3, -0.25) is 0 Å². The zero-order valence-corrected chi connectivity index (χ0v) is 20.5. The van der Waals surface area contributed by atoms with Crippen molar-refractivity contribution >= 4 is 0 Å². The number of rotatable bonds is 6. The van der Waals surface area contributed by atoms with Crippen molar-refractivity contribution in [2.24, 2.45) is 0 Å². The van der Waals surface area contributed by atoms with Crippen LogP contribution in [0.4, 0.5) is 0 Å². The van der Waals surface area contributed by atoms with E-state index >= 15 is 0 Å². The molecule has 188 valence electrons. The molecule has 2 aromatic rings. The monoisotopic (exact) mass is 479 g/mol. The molecule has 3 heterocycles. The molecule has 1 spiro atoms. The Morgan fingerprint density at radius 2 is 1.80 bits per heavy atom. The number of aliphatic hydroxyl groups excluding tert-OH is 1. The second kappa shape index (κ2) is 10.00. The van der Waals surface area contributed by atoms with Gasteiger partial charge in [-0.05, 0) is 54.9 Å². The fourth-order valence-electron chi connectivity index (χ4n) is 6.39. The van der Waals surface area contributed by atoms with Gasteiger partial charge in [-0.2, -0.15) is 0 Å². The Labute approximate surface area is 208 Å². The van der Waals surface area contributed by atoms with Gasteiger partial charge in [-0.1, -0.05) is 37.1 Å². The molecule has 4 aliphatic rings. The summed E-state index contributed by atoms with van der Waals surface area (Å²) in [6.45, 7) is 4.70. The highest BCUT2D eigenvalue weighted by molar-refractivity contribution is 5.54. The van der Waals surface area contributed by atoms with Gasteiger partial charge in [0.25, 0.3) is 0 Å². The van der Waals surface area contributed by atoms with E-state index < -0.39 is 6.10 Å². The van der Waals surface area contributed by atoms with Crippen LogP contribution in [0, 0.1) is 0 Å². The summed E-state index contributed by atoms with van der Waals surface area (Å²) in [6.07, 6.45) is 7.30. The Morgan fingerprint density at radius 1 is 1.00 bits per heavy atom. The van der Waals surface area contributed by atoms with Gasteiger partial charge in [0, 0.05) is 31.6 Å². The third-order valence-electron chi connectivity index (χ3n) is 8.28. The lowest BCUT2D eigenvalue weighted by molar-refractivity contribution is -0.0836. The van der Waals surface area contributed by atoms with Crippen LogP contribution in [0.1, 0.15) is 67.6 Å². The van der Waals surface area contributed by atoms with Gasteiger partial charge in [0.2, 0.25) is 0 Å². The molecule has 0 radical (unpaired) electrons. The van der Waals surface area contributed by atoms with Gasteiger partial charge >= 0.3 is 0 Å². The second-order valence-corrected chi connectivity index (χ2v) is 10.5. The molecule has 6 heteroatoms. The number of β-amino-alcohol motifs (C(OH)–C–C–N with tert-alkyl or cyclic N) is 1. The minimum Gasteiger partial charge on any atom is -0.491 e. The zero-order valence-electron chi connectivity index (χ0n) is 20.5. The lowest BCUT2D eigenvalue weighted by Crippen LogP contribution is -2.46. The number of piperidine rings is 1. The first-order valence-electron chi connectivity index (χ1n) is 13.4. The Bertz CT molecular complexity index is 1030. The molecule has 35 heavy (non-hydrogen) atoms. The Hall–Kier alpha value is -2.28. The highest BCUT2D eigenvalue weighted by atomic mass is 16.5. The summed E-state index contributed by atoms with van der Waals surface area (Å²) in [6, 6.07) is 12.6. The van der Waals surface area contributed by atoms with Crippen LogP contribution >= 0.6 is 0 Å². The summed E-state index contributed by atoms with van der Waals surface area (Å²) in [7, 11) is 0. The van der Waals surface area contributed by atoms with Crippen molar-refractivity contribution in [3.05, 3.63) is 53.1 Å². The highest BCUT2D eigenvalue weighted by Crippen LogP contribution is 2.50. The van der Waals surface area contributed by atoms with Crippen molar-refractivity contribution in [3.8, 4) is 17.2 Å². The number of ether oxygens (including phenoxy) is 4. The van der Waals surface area contributed by atoms with Crippen molar-refractivity contribution < 1.29 is 24.1 Å². The van der Waals surface area contributed by atoms with Crippen LogP contribution in [0.15, 0.2) is 36.4 Å². The Morgan fingerprint density at radius 3 is 2.66 bits per heavy atom. The number of likely N-dealkylation sites (tertiary alicyclic amines) is 1. The molecule has 1 saturated carbocycles. The number of para-hydroxylation sites is 1. The van der Waals surface area contributed by atoms with Crippen LogP contribution in [0.2, 0.25) is 0 Å². The maximum atomic E-state index is 10.8. The van der Waals surface area contributed by atoms with Crippen LogP contribution in [0.25, 0.3) is 0 Å². The van der Waals surface area contributed by atoms with Crippen LogP contribution < -0.4 is 14.2 Å². The van der Waals surface area contributed by atoms with E-state index in [1.54, 1.807) is 0 Å². The van der Waals surface area contributed by atoms with E-state index in [1.807, 2.05) is 12.1 Å².